The number of rotatable bonds is 9. The summed E-state index contributed by atoms with van der Waals surface area (Å²) in [7, 11) is 0. The second-order valence-corrected chi connectivity index (χ2v) is 6.77. The van der Waals surface area contributed by atoms with Crippen LogP contribution in [0.2, 0.25) is 0 Å². The first kappa shape index (κ1) is 21.4. The highest BCUT2D eigenvalue weighted by molar-refractivity contribution is 5.94. The molecular weight excluding hydrogens is 352 g/mol. The number of nitrogens with zero attached hydrogens (tertiary/aromatic N) is 3. The number of aromatic nitrogens is 2. The Morgan fingerprint density at radius 1 is 1.14 bits per heavy atom. The van der Waals surface area contributed by atoms with Crippen LogP contribution in [0.5, 0.6) is 0 Å². The third-order valence-corrected chi connectivity index (χ3v) is 4.45. The second-order valence-electron chi connectivity index (χ2n) is 6.77. The smallest absolute Gasteiger partial charge is 0.247 e. The van der Waals surface area contributed by atoms with Gasteiger partial charge in [-0.1, -0.05) is 32.0 Å². The fourth-order valence-electron chi connectivity index (χ4n) is 3.01. The van der Waals surface area contributed by atoms with Crippen molar-refractivity contribution in [2.24, 2.45) is 0 Å². The van der Waals surface area contributed by atoms with Gasteiger partial charge in [0.1, 0.15) is 0 Å². The standard InChI is InChI=1S/C22H30N4O2/c1-5-14-23-21(27)16-25(15-6-2)22(28)13-12-20-17(3)24-26(18(20)4)19-10-8-7-9-11-19/h7-13H,5-6,14-16H2,1-4H3,(H,23,27). The van der Waals surface area contributed by atoms with E-state index in [1.54, 1.807) is 11.0 Å². The number of carbonyl (C=O) groups excluding carboxylic acids is 2. The summed E-state index contributed by atoms with van der Waals surface area (Å²) in [5, 5.41) is 7.42. The molecule has 0 bridgehead atoms. The minimum Gasteiger partial charge on any atom is -0.355 e. The average Bonchev–Trinajstić information content (AvgIpc) is 2.98. The summed E-state index contributed by atoms with van der Waals surface area (Å²) in [5.74, 6) is -0.291. The molecule has 0 fully saturated rings. The number of hydrogen-bond donors (Lipinski definition) is 1. The maximum absolute atomic E-state index is 12.6. The van der Waals surface area contributed by atoms with Crippen LogP contribution in [0.25, 0.3) is 11.8 Å². The molecule has 6 heteroatoms. The fraction of sp³-hybridized carbons (Fsp3) is 0.409. The summed E-state index contributed by atoms with van der Waals surface area (Å²) in [6, 6.07) is 9.90. The van der Waals surface area contributed by atoms with Gasteiger partial charge in [-0.05, 0) is 44.9 Å². The Morgan fingerprint density at radius 2 is 1.86 bits per heavy atom. The average molecular weight is 383 g/mol. The van der Waals surface area contributed by atoms with Gasteiger partial charge in [-0.2, -0.15) is 5.10 Å². The number of aryl methyl sites for hydroxylation is 1. The predicted octanol–water partition coefficient (Wildman–Crippen LogP) is 3.27. The quantitative estimate of drug-likeness (QED) is 0.677. The molecule has 1 heterocycles. The molecule has 0 atom stereocenters. The lowest BCUT2D eigenvalue weighted by atomic mass is 10.1. The molecule has 0 aliphatic heterocycles. The molecule has 1 N–H and O–H groups in total. The summed E-state index contributed by atoms with van der Waals surface area (Å²) in [5.41, 5.74) is 3.72. The van der Waals surface area contributed by atoms with E-state index >= 15 is 0 Å². The van der Waals surface area contributed by atoms with E-state index in [0.717, 1.165) is 35.5 Å². The SMILES string of the molecule is CCCNC(=O)CN(CCC)C(=O)C=Cc1c(C)nn(-c2ccccc2)c1C. The minimum atomic E-state index is -0.167. The largest absolute Gasteiger partial charge is 0.355 e. The monoisotopic (exact) mass is 382 g/mol. The van der Waals surface area contributed by atoms with Gasteiger partial charge in [0.05, 0.1) is 17.9 Å². The molecule has 2 rings (SSSR count). The summed E-state index contributed by atoms with van der Waals surface area (Å²) >= 11 is 0. The highest BCUT2D eigenvalue weighted by atomic mass is 16.2. The van der Waals surface area contributed by atoms with Gasteiger partial charge >= 0.3 is 0 Å². The first-order chi connectivity index (χ1) is 13.5. The van der Waals surface area contributed by atoms with Gasteiger partial charge < -0.3 is 10.2 Å². The summed E-state index contributed by atoms with van der Waals surface area (Å²) in [6.07, 6.45) is 5.00. The van der Waals surface area contributed by atoms with Crippen LogP contribution in [-0.2, 0) is 9.59 Å². The number of amides is 2. The lowest BCUT2D eigenvalue weighted by Crippen LogP contribution is -2.40. The zero-order valence-electron chi connectivity index (χ0n) is 17.2. The molecule has 1 aromatic carbocycles. The van der Waals surface area contributed by atoms with Crippen LogP contribution in [0.4, 0.5) is 0 Å². The Balaban J connectivity index is 2.15. The predicted molar refractivity (Wildman–Crippen MR) is 112 cm³/mol. The van der Waals surface area contributed by atoms with Gasteiger partial charge in [0, 0.05) is 30.4 Å². The van der Waals surface area contributed by atoms with Gasteiger partial charge in [0.25, 0.3) is 0 Å². The summed E-state index contributed by atoms with van der Waals surface area (Å²) in [4.78, 5) is 26.2. The van der Waals surface area contributed by atoms with Crippen LogP contribution in [0, 0.1) is 13.8 Å². The minimum absolute atomic E-state index is 0.0816. The van der Waals surface area contributed by atoms with Gasteiger partial charge in [-0.25, -0.2) is 4.68 Å². The van der Waals surface area contributed by atoms with Crippen LogP contribution >= 0.6 is 0 Å². The molecule has 0 aliphatic rings. The second kappa shape index (κ2) is 10.4. The zero-order valence-corrected chi connectivity index (χ0v) is 17.2. The zero-order chi connectivity index (χ0) is 20.5. The first-order valence-electron chi connectivity index (χ1n) is 9.83. The molecule has 0 spiro atoms. The van der Waals surface area contributed by atoms with Crippen molar-refractivity contribution in [2.45, 2.75) is 40.5 Å². The van der Waals surface area contributed by atoms with E-state index in [4.69, 9.17) is 0 Å². The van der Waals surface area contributed by atoms with Crippen LogP contribution in [-0.4, -0.2) is 46.1 Å². The van der Waals surface area contributed by atoms with E-state index < -0.39 is 0 Å². The van der Waals surface area contributed by atoms with Crippen molar-refractivity contribution in [3.8, 4) is 5.69 Å². The molecule has 2 amide bonds. The highest BCUT2D eigenvalue weighted by Gasteiger charge is 2.15. The van der Waals surface area contributed by atoms with E-state index in [9.17, 15) is 9.59 Å². The van der Waals surface area contributed by atoms with Crippen molar-refractivity contribution < 1.29 is 9.59 Å². The van der Waals surface area contributed by atoms with Crippen LogP contribution in [0.1, 0.15) is 43.6 Å². The molecule has 0 saturated carbocycles. The van der Waals surface area contributed by atoms with E-state index in [1.165, 1.54) is 6.08 Å². The van der Waals surface area contributed by atoms with Crippen molar-refractivity contribution in [3.05, 3.63) is 53.4 Å². The van der Waals surface area contributed by atoms with Gasteiger partial charge in [0.2, 0.25) is 11.8 Å². The highest BCUT2D eigenvalue weighted by Crippen LogP contribution is 2.19. The van der Waals surface area contributed by atoms with Crippen LogP contribution in [0.15, 0.2) is 36.4 Å². The lowest BCUT2D eigenvalue weighted by molar-refractivity contribution is -0.132. The molecule has 1 aromatic heterocycles. The van der Waals surface area contributed by atoms with Gasteiger partial charge in [0.15, 0.2) is 0 Å². The van der Waals surface area contributed by atoms with Crippen molar-refractivity contribution in [1.29, 1.82) is 0 Å². The van der Waals surface area contributed by atoms with E-state index in [1.807, 2.05) is 62.7 Å². The fourth-order valence-corrected chi connectivity index (χ4v) is 3.01. The molecular formula is C22H30N4O2. The Kier molecular flexibility index (Phi) is 7.99. The van der Waals surface area contributed by atoms with E-state index in [0.29, 0.717) is 13.1 Å². The summed E-state index contributed by atoms with van der Waals surface area (Å²) in [6.45, 7) is 9.16. The van der Waals surface area contributed by atoms with Gasteiger partial charge in [-0.3, -0.25) is 9.59 Å². The molecule has 0 aliphatic carbocycles. The Labute approximate surface area is 167 Å². The Bertz CT molecular complexity index is 825. The molecule has 2 aromatic rings. The van der Waals surface area contributed by atoms with Crippen molar-refractivity contribution in [2.75, 3.05) is 19.6 Å². The van der Waals surface area contributed by atoms with E-state index in [2.05, 4.69) is 10.4 Å². The molecule has 150 valence electrons. The number of hydrogen-bond acceptors (Lipinski definition) is 3. The van der Waals surface area contributed by atoms with Gasteiger partial charge in [-0.15, -0.1) is 0 Å². The normalized spacial score (nSPS) is 11.0. The lowest BCUT2D eigenvalue weighted by Gasteiger charge is -2.19. The van der Waals surface area contributed by atoms with Crippen LogP contribution < -0.4 is 5.32 Å². The van der Waals surface area contributed by atoms with Crippen molar-refractivity contribution in [3.63, 3.8) is 0 Å². The molecule has 0 saturated heterocycles. The number of nitrogens with one attached hydrogen (secondary N) is 1. The third kappa shape index (κ3) is 5.55. The first-order valence-corrected chi connectivity index (χ1v) is 9.83. The molecule has 28 heavy (non-hydrogen) atoms. The Hall–Kier alpha value is -2.89. The number of carbonyl (C=O) groups is 2. The molecule has 0 unspecified atom stereocenters. The number of para-hydroxylation sites is 1. The summed E-state index contributed by atoms with van der Waals surface area (Å²) < 4.78 is 1.88. The number of benzene rings is 1. The van der Waals surface area contributed by atoms with Crippen LogP contribution in [0.3, 0.4) is 0 Å². The van der Waals surface area contributed by atoms with Crippen molar-refractivity contribution >= 4 is 17.9 Å². The van der Waals surface area contributed by atoms with Crippen molar-refractivity contribution in [1.82, 2.24) is 20.0 Å². The molecule has 0 radical (unpaired) electrons. The maximum Gasteiger partial charge on any atom is 0.247 e. The third-order valence-electron chi connectivity index (χ3n) is 4.45. The van der Waals surface area contributed by atoms with E-state index in [-0.39, 0.29) is 18.4 Å². The Morgan fingerprint density at radius 3 is 2.50 bits per heavy atom. The maximum atomic E-state index is 12.6. The topological polar surface area (TPSA) is 67.2 Å². The molecule has 6 nitrogen and oxygen atoms in total.